The first-order chi connectivity index (χ1) is 9.88. The molecule has 0 amide bonds. The molecule has 0 aliphatic carbocycles. The lowest BCUT2D eigenvalue weighted by Crippen LogP contribution is -2.20. The van der Waals surface area contributed by atoms with Crippen molar-refractivity contribution in [3.05, 3.63) is 29.6 Å². The second-order valence-corrected chi connectivity index (χ2v) is 5.74. The van der Waals surface area contributed by atoms with Gasteiger partial charge in [0.15, 0.2) is 0 Å². The SMILES string of the molecule is COC(=O)CCS(=O)(=O)Nc1ccc(F)cc1C#CCO. The summed E-state index contributed by atoms with van der Waals surface area (Å²) in [6.45, 7) is -0.439. The summed E-state index contributed by atoms with van der Waals surface area (Å²) in [4.78, 5) is 10.9. The maximum atomic E-state index is 13.1. The van der Waals surface area contributed by atoms with E-state index >= 15 is 0 Å². The number of carbonyl (C=O) groups is 1. The smallest absolute Gasteiger partial charge is 0.306 e. The molecule has 0 aliphatic heterocycles. The quantitative estimate of drug-likeness (QED) is 0.609. The number of aliphatic hydroxyl groups excluding tert-OH is 1. The number of nitrogens with one attached hydrogen (secondary N) is 1. The van der Waals surface area contributed by atoms with E-state index in [4.69, 9.17) is 5.11 Å². The van der Waals surface area contributed by atoms with E-state index < -0.39 is 34.2 Å². The first kappa shape index (κ1) is 16.9. The lowest BCUT2D eigenvalue weighted by Gasteiger charge is -2.09. The van der Waals surface area contributed by atoms with Crippen LogP contribution in [0.5, 0.6) is 0 Å². The first-order valence-corrected chi connectivity index (χ1v) is 7.50. The summed E-state index contributed by atoms with van der Waals surface area (Å²) in [6, 6.07) is 3.33. The van der Waals surface area contributed by atoms with Crippen LogP contribution in [-0.2, 0) is 19.6 Å². The van der Waals surface area contributed by atoms with Crippen LogP contribution in [0.2, 0.25) is 0 Å². The summed E-state index contributed by atoms with van der Waals surface area (Å²) in [6.07, 6.45) is -0.301. The van der Waals surface area contributed by atoms with Crippen molar-refractivity contribution in [2.24, 2.45) is 0 Å². The molecular formula is C13H14FNO5S. The second-order valence-electron chi connectivity index (χ2n) is 3.90. The fourth-order valence-corrected chi connectivity index (χ4v) is 2.43. The summed E-state index contributed by atoms with van der Waals surface area (Å²) < 4.78 is 43.4. The molecule has 0 saturated carbocycles. The Balaban J connectivity index is 2.93. The molecule has 0 heterocycles. The van der Waals surface area contributed by atoms with Crippen molar-refractivity contribution < 1.29 is 27.4 Å². The van der Waals surface area contributed by atoms with Crippen LogP contribution in [0.3, 0.4) is 0 Å². The number of anilines is 1. The zero-order chi connectivity index (χ0) is 15.9. The van der Waals surface area contributed by atoms with Crippen molar-refractivity contribution >= 4 is 21.7 Å². The summed E-state index contributed by atoms with van der Waals surface area (Å²) in [5.74, 6) is 3.04. The van der Waals surface area contributed by atoms with Gasteiger partial charge in [-0.3, -0.25) is 9.52 Å². The largest absolute Gasteiger partial charge is 0.469 e. The van der Waals surface area contributed by atoms with Gasteiger partial charge >= 0.3 is 5.97 Å². The highest BCUT2D eigenvalue weighted by molar-refractivity contribution is 7.92. The molecule has 21 heavy (non-hydrogen) atoms. The van der Waals surface area contributed by atoms with Gasteiger partial charge in [-0.1, -0.05) is 11.8 Å². The molecule has 1 aromatic rings. The number of benzene rings is 1. The molecular weight excluding hydrogens is 301 g/mol. The van der Waals surface area contributed by atoms with E-state index in [9.17, 15) is 17.6 Å². The van der Waals surface area contributed by atoms with Crippen LogP contribution < -0.4 is 4.72 Å². The Morgan fingerprint density at radius 3 is 2.81 bits per heavy atom. The van der Waals surface area contributed by atoms with E-state index in [1.807, 2.05) is 0 Å². The van der Waals surface area contributed by atoms with Crippen LogP contribution >= 0.6 is 0 Å². The molecule has 0 unspecified atom stereocenters. The van der Waals surface area contributed by atoms with Gasteiger partial charge in [-0.2, -0.15) is 0 Å². The van der Waals surface area contributed by atoms with E-state index in [1.165, 1.54) is 6.07 Å². The number of carbonyl (C=O) groups excluding carboxylic acids is 1. The molecule has 0 atom stereocenters. The number of sulfonamides is 1. The maximum absolute atomic E-state index is 13.1. The summed E-state index contributed by atoms with van der Waals surface area (Å²) in [7, 11) is -2.65. The van der Waals surface area contributed by atoms with E-state index in [1.54, 1.807) is 0 Å². The molecule has 0 aromatic heterocycles. The van der Waals surface area contributed by atoms with Crippen LogP contribution in [0.15, 0.2) is 18.2 Å². The van der Waals surface area contributed by atoms with E-state index in [-0.39, 0.29) is 17.7 Å². The van der Waals surface area contributed by atoms with Crippen molar-refractivity contribution in [2.75, 3.05) is 24.2 Å². The molecule has 0 radical (unpaired) electrons. The fraction of sp³-hybridized carbons (Fsp3) is 0.308. The molecule has 1 aromatic carbocycles. The van der Waals surface area contributed by atoms with Crippen LogP contribution in [0, 0.1) is 17.7 Å². The number of aliphatic hydroxyl groups is 1. The zero-order valence-corrected chi connectivity index (χ0v) is 12.0. The Hall–Kier alpha value is -2.11. The molecule has 0 bridgehead atoms. The molecule has 2 N–H and O–H groups in total. The van der Waals surface area contributed by atoms with E-state index in [0.29, 0.717) is 0 Å². The van der Waals surface area contributed by atoms with Gasteiger partial charge in [0, 0.05) is 0 Å². The van der Waals surface area contributed by atoms with Crippen molar-refractivity contribution in [1.29, 1.82) is 0 Å². The Morgan fingerprint density at radius 2 is 2.19 bits per heavy atom. The van der Waals surface area contributed by atoms with Gasteiger partial charge in [0.25, 0.3) is 0 Å². The molecule has 8 heteroatoms. The van der Waals surface area contributed by atoms with Crippen molar-refractivity contribution in [3.63, 3.8) is 0 Å². The van der Waals surface area contributed by atoms with Crippen molar-refractivity contribution in [3.8, 4) is 11.8 Å². The maximum Gasteiger partial charge on any atom is 0.306 e. The average Bonchev–Trinajstić information content (AvgIpc) is 2.44. The van der Waals surface area contributed by atoms with Gasteiger partial charge in [-0.05, 0) is 18.2 Å². The molecule has 0 saturated heterocycles. The Morgan fingerprint density at radius 1 is 1.48 bits per heavy atom. The minimum Gasteiger partial charge on any atom is -0.469 e. The number of rotatable bonds is 5. The van der Waals surface area contributed by atoms with Crippen LogP contribution in [-0.4, -0.2) is 39.0 Å². The van der Waals surface area contributed by atoms with Crippen LogP contribution in [0.25, 0.3) is 0 Å². The van der Waals surface area contributed by atoms with Crippen LogP contribution in [0.4, 0.5) is 10.1 Å². The minimum atomic E-state index is -3.80. The van der Waals surface area contributed by atoms with Gasteiger partial charge in [-0.25, -0.2) is 12.8 Å². The van der Waals surface area contributed by atoms with Gasteiger partial charge in [0.05, 0.1) is 30.5 Å². The Kier molecular flexibility index (Phi) is 6.14. The number of ether oxygens (including phenoxy) is 1. The average molecular weight is 315 g/mol. The van der Waals surface area contributed by atoms with Crippen molar-refractivity contribution in [2.45, 2.75) is 6.42 Å². The third-order valence-electron chi connectivity index (χ3n) is 2.35. The van der Waals surface area contributed by atoms with Crippen LogP contribution in [0.1, 0.15) is 12.0 Å². The van der Waals surface area contributed by atoms with E-state index in [0.717, 1.165) is 19.2 Å². The third-order valence-corrected chi connectivity index (χ3v) is 3.62. The van der Waals surface area contributed by atoms with Crippen molar-refractivity contribution in [1.82, 2.24) is 0 Å². The Bertz CT molecular complexity index is 676. The lowest BCUT2D eigenvalue weighted by atomic mass is 10.2. The summed E-state index contributed by atoms with van der Waals surface area (Å²) >= 11 is 0. The number of hydrogen-bond donors (Lipinski definition) is 2. The van der Waals surface area contributed by atoms with Gasteiger partial charge in [0.2, 0.25) is 10.0 Å². The molecule has 114 valence electrons. The second kappa shape index (κ2) is 7.61. The predicted molar refractivity (Wildman–Crippen MR) is 74.4 cm³/mol. The summed E-state index contributed by atoms with van der Waals surface area (Å²) in [5, 5.41) is 8.64. The number of esters is 1. The van der Waals surface area contributed by atoms with Gasteiger partial charge in [-0.15, -0.1) is 0 Å². The van der Waals surface area contributed by atoms with E-state index in [2.05, 4.69) is 21.3 Å². The number of hydrogen-bond acceptors (Lipinski definition) is 5. The third kappa shape index (κ3) is 5.81. The fourth-order valence-electron chi connectivity index (χ4n) is 1.38. The highest BCUT2D eigenvalue weighted by Gasteiger charge is 2.15. The minimum absolute atomic E-state index is 0.0715. The predicted octanol–water partition coefficient (Wildman–Crippen LogP) is 0.474. The topological polar surface area (TPSA) is 92.7 Å². The molecule has 6 nitrogen and oxygen atoms in total. The molecule has 0 aliphatic rings. The normalized spacial score (nSPS) is 10.4. The molecule has 0 spiro atoms. The standard InChI is InChI=1S/C13H14FNO5S/c1-20-13(17)6-8-21(18,19)15-12-5-4-11(14)9-10(12)3-2-7-16/h4-5,9,15-16H,6-8H2,1H3. The first-order valence-electron chi connectivity index (χ1n) is 5.84. The highest BCUT2D eigenvalue weighted by atomic mass is 32.2. The highest BCUT2D eigenvalue weighted by Crippen LogP contribution is 2.18. The zero-order valence-electron chi connectivity index (χ0n) is 11.2. The number of halogens is 1. The Labute approximate surface area is 122 Å². The molecule has 1 rings (SSSR count). The monoisotopic (exact) mass is 315 g/mol. The molecule has 0 fully saturated rings. The van der Waals surface area contributed by atoms with Gasteiger partial charge in [0.1, 0.15) is 12.4 Å². The summed E-state index contributed by atoms with van der Waals surface area (Å²) in [5.41, 5.74) is 0.160. The lowest BCUT2D eigenvalue weighted by molar-refractivity contribution is -0.140. The number of methoxy groups -OCH3 is 1. The van der Waals surface area contributed by atoms with Gasteiger partial charge < -0.3 is 9.84 Å².